The highest BCUT2D eigenvalue weighted by Crippen LogP contribution is 2.19. The Morgan fingerprint density at radius 1 is 0.247 bits per heavy atom. The van der Waals surface area contributed by atoms with Crippen LogP contribution in [0.4, 0.5) is 0 Å². The number of carbonyl (C=O) groups is 3. The molecule has 0 bridgehead atoms. The van der Waals surface area contributed by atoms with E-state index in [1.165, 1.54) is 302 Å². The number of carbonyl (C=O) groups excluding carboxylic acids is 3. The van der Waals surface area contributed by atoms with Crippen molar-refractivity contribution < 1.29 is 28.6 Å². The molecule has 0 rings (SSSR count). The Hall–Kier alpha value is -2.11. The van der Waals surface area contributed by atoms with Crippen molar-refractivity contribution >= 4 is 17.9 Å². The van der Waals surface area contributed by atoms with Crippen molar-refractivity contribution in [1.82, 2.24) is 0 Å². The van der Waals surface area contributed by atoms with Gasteiger partial charge in [-0.25, -0.2) is 0 Å². The van der Waals surface area contributed by atoms with Gasteiger partial charge in [-0.2, -0.15) is 0 Å². The molecular formula is C75H142O6. The first-order valence-electron chi connectivity index (χ1n) is 36.8. The summed E-state index contributed by atoms with van der Waals surface area (Å²) in [5, 5.41) is 0. The number of rotatable bonds is 69. The predicted molar refractivity (Wildman–Crippen MR) is 353 cm³/mol. The van der Waals surface area contributed by atoms with Gasteiger partial charge < -0.3 is 14.2 Å². The average molecular weight is 1140 g/mol. The Morgan fingerprint density at radius 2 is 0.457 bits per heavy atom. The van der Waals surface area contributed by atoms with E-state index >= 15 is 0 Å². The molecule has 478 valence electrons. The standard InChI is InChI=1S/C75H142O6/c1-4-7-10-13-16-19-22-25-28-30-32-34-36-37-38-39-40-42-43-45-47-50-53-56-59-62-65-68-74(77)80-71-72(70-79-73(76)67-64-61-58-55-52-49-27-24-21-18-15-12-9-6-3)81-75(78)69-66-63-60-57-54-51-48-46-44-41-35-33-31-29-26-23-20-17-14-11-8-5-2/h15,18,24,27,72H,4-14,16-17,19-23,25-26,28-71H2,1-3H3/b18-15-,27-24-. The Kier molecular flexibility index (Phi) is 68.5. The molecule has 0 heterocycles. The van der Waals surface area contributed by atoms with E-state index in [2.05, 4.69) is 45.1 Å². The van der Waals surface area contributed by atoms with E-state index in [4.69, 9.17) is 14.2 Å². The number of hydrogen-bond acceptors (Lipinski definition) is 6. The van der Waals surface area contributed by atoms with E-state index in [9.17, 15) is 14.4 Å². The second kappa shape index (κ2) is 70.4. The van der Waals surface area contributed by atoms with Crippen molar-refractivity contribution in [3.63, 3.8) is 0 Å². The van der Waals surface area contributed by atoms with Gasteiger partial charge in [0.05, 0.1) is 0 Å². The molecular weight excluding hydrogens is 997 g/mol. The smallest absolute Gasteiger partial charge is 0.306 e. The normalized spacial score (nSPS) is 12.1. The van der Waals surface area contributed by atoms with Crippen molar-refractivity contribution in [3.05, 3.63) is 24.3 Å². The fourth-order valence-electron chi connectivity index (χ4n) is 11.4. The molecule has 0 aliphatic carbocycles. The monoisotopic (exact) mass is 1140 g/mol. The largest absolute Gasteiger partial charge is 0.462 e. The predicted octanol–water partition coefficient (Wildman–Crippen LogP) is 25.3. The second-order valence-electron chi connectivity index (χ2n) is 25.2. The maximum absolute atomic E-state index is 13.0. The highest BCUT2D eigenvalue weighted by Gasteiger charge is 2.20. The molecule has 1 unspecified atom stereocenters. The third kappa shape index (κ3) is 68.6. The van der Waals surface area contributed by atoms with Gasteiger partial charge in [0.1, 0.15) is 13.2 Å². The summed E-state index contributed by atoms with van der Waals surface area (Å²) >= 11 is 0. The lowest BCUT2D eigenvalue weighted by molar-refractivity contribution is -0.167. The minimum absolute atomic E-state index is 0.0691. The fraction of sp³-hybridized carbons (Fsp3) is 0.907. The summed E-state index contributed by atoms with van der Waals surface area (Å²) in [7, 11) is 0. The number of allylic oxidation sites excluding steroid dienone is 4. The quantitative estimate of drug-likeness (QED) is 0.0261. The number of hydrogen-bond donors (Lipinski definition) is 0. The molecule has 81 heavy (non-hydrogen) atoms. The highest BCUT2D eigenvalue weighted by molar-refractivity contribution is 5.71. The van der Waals surface area contributed by atoms with Gasteiger partial charge in [-0.1, -0.05) is 379 Å². The number of unbranched alkanes of at least 4 members (excludes halogenated alkanes) is 54. The van der Waals surface area contributed by atoms with Crippen LogP contribution in [-0.2, 0) is 28.6 Å². The van der Waals surface area contributed by atoms with Crippen LogP contribution < -0.4 is 0 Å². The Bertz CT molecular complexity index is 1310. The van der Waals surface area contributed by atoms with E-state index in [0.717, 1.165) is 77.0 Å². The summed E-state index contributed by atoms with van der Waals surface area (Å²) in [4.78, 5) is 38.5. The lowest BCUT2D eigenvalue weighted by Crippen LogP contribution is -2.30. The molecule has 0 aromatic rings. The maximum Gasteiger partial charge on any atom is 0.306 e. The molecule has 0 aromatic heterocycles. The average Bonchev–Trinajstić information content (AvgIpc) is 3.47. The number of esters is 3. The van der Waals surface area contributed by atoms with Crippen LogP contribution in [0.1, 0.15) is 419 Å². The van der Waals surface area contributed by atoms with Gasteiger partial charge in [-0.3, -0.25) is 14.4 Å². The molecule has 0 spiro atoms. The molecule has 6 nitrogen and oxygen atoms in total. The Labute approximate surface area is 506 Å². The fourth-order valence-corrected chi connectivity index (χ4v) is 11.4. The van der Waals surface area contributed by atoms with Gasteiger partial charge in [-0.05, 0) is 44.9 Å². The van der Waals surface area contributed by atoms with Crippen LogP contribution in [0.25, 0.3) is 0 Å². The van der Waals surface area contributed by atoms with Gasteiger partial charge in [0, 0.05) is 19.3 Å². The van der Waals surface area contributed by atoms with Gasteiger partial charge in [0.2, 0.25) is 0 Å². The van der Waals surface area contributed by atoms with Crippen LogP contribution in [0.5, 0.6) is 0 Å². The van der Waals surface area contributed by atoms with E-state index in [0.29, 0.717) is 19.3 Å². The van der Waals surface area contributed by atoms with Crippen LogP contribution >= 0.6 is 0 Å². The minimum atomic E-state index is -0.774. The van der Waals surface area contributed by atoms with Gasteiger partial charge in [0.25, 0.3) is 0 Å². The highest BCUT2D eigenvalue weighted by atomic mass is 16.6. The summed E-state index contributed by atoms with van der Waals surface area (Å²) in [5.41, 5.74) is 0. The first-order chi connectivity index (χ1) is 40.0. The van der Waals surface area contributed by atoms with E-state index < -0.39 is 6.10 Å². The lowest BCUT2D eigenvalue weighted by atomic mass is 10.0. The molecule has 0 aliphatic rings. The van der Waals surface area contributed by atoms with Crippen LogP contribution in [-0.4, -0.2) is 37.2 Å². The molecule has 0 saturated carbocycles. The first kappa shape index (κ1) is 78.9. The zero-order valence-corrected chi connectivity index (χ0v) is 55.1. The van der Waals surface area contributed by atoms with Crippen molar-refractivity contribution in [2.45, 2.75) is 425 Å². The SMILES string of the molecule is CCCC/C=C\C/C=C\CCCCCCCC(=O)OCC(COC(=O)CCCCCCCCCCCCCCCCCCCCCCCCCCCCC)OC(=O)CCCCCCCCCCCCCCCCCCCCCCCC. The molecule has 0 aromatic carbocycles. The van der Waals surface area contributed by atoms with Crippen LogP contribution in [0.15, 0.2) is 24.3 Å². The molecule has 0 radical (unpaired) electrons. The molecule has 6 heteroatoms. The van der Waals surface area contributed by atoms with Crippen LogP contribution in [0.2, 0.25) is 0 Å². The third-order valence-electron chi connectivity index (χ3n) is 17.0. The van der Waals surface area contributed by atoms with Gasteiger partial charge in [0.15, 0.2) is 6.10 Å². The van der Waals surface area contributed by atoms with E-state index in [1.54, 1.807) is 0 Å². The Morgan fingerprint density at radius 3 is 0.716 bits per heavy atom. The van der Waals surface area contributed by atoms with Crippen LogP contribution in [0.3, 0.4) is 0 Å². The first-order valence-corrected chi connectivity index (χ1v) is 36.8. The minimum Gasteiger partial charge on any atom is -0.462 e. The van der Waals surface area contributed by atoms with Gasteiger partial charge in [-0.15, -0.1) is 0 Å². The van der Waals surface area contributed by atoms with E-state index in [-0.39, 0.29) is 31.1 Å². The molecule has 0 aliphatic heterocycles. The van der Waals surface area contributed by atoms with Crippen molar-refractivity contribution in [2.24, 2.45) is 0 Å². The van der Waals surface area contributed by atoms with E-state index in [1.807, 2.05) is 0 Å². The summed E-state index contributed by atoms with van der Waals surface area (Å²) < 4.78 is 17.0. The molecule has 1 atom stereocenters. The molecule has 0 saturated heterocycles. The summed E-state index contributed by atoms with van der Waals surface area (Å²) in [6, 6.07) is 0. The molecule has 0 N–H and O–H groups in total. The second-order valence-corrected chi connectivity index (χ2v) is 25.2. The lowest BCUT2D eigenvalue weighted by Gasteiger charge is -2.18. The molecule has 0 amide bonds. The van der Waals surface area contributed by atoms with Crippen LogP contribution in [0, 0.1) is 0 Å². The summed E-state index contributed by atoms with van der Waals surface area (Å²) in [5.74, 6) is -0.849. The summed E-state index contributed by atoms with van der Waals surface area (Å²) in [6.07, 6.45) is 86.5. The third-order valence-corrected chi connectivity index (χ3v) is 17.0. The van der Waals surface area contributed by atoms with Crippen molar-refractivity contribution in [1.29, 1.82) is 0 Å². The maximum atomic E-state index is 13.0. The summed E-state index contributed by atoms with van der Waals surface area (Å²) in [6.45, 7) is 6.68. The zero-order valence-electron chi connectivity index (χ0n) is 55.1. The van der Waals surface area contributed by atoms with Crippen molar-refractivity contribution in [3.8, 4) is 0 Å². The van der Waals surface area contributed by atoms with Gasteiger partial charge >= 0.3 is 17.9 Å². The van der Waals surface area contributed by atoms with Crippen molar-refractivity contribution in [2.75, 3.05) is 13.2 Å². The molecule has 0 fully saturated rings. The Balaban J connectivity index is 4.20. The number of ether oxygens (including phenoxy) is 3. The topological polar surface area (TPSA) is 78.9 Å². The zero-order chi connectivity index (χ0) is 58.5.